The molecule has 3 aromatic rings. The van der Waals surface area contributed by atoms with E-state index in [0.29, 0.717) is 46.2 Å². The number of hydrogen-bond acceptors (Lipinski definition) is 10. The maximum absolute atomic E-state index is 15.0. The number of ketones is 1. The fourth-order valence-corrected chi connectivity index (χ4v) is 10.7. The summed E-state index contributed by atoms with van der Waals surface area (Å²) in [5.41, 5.74) is 4.57. The van der Waals surface area contributed by atoms with E-state index in [1.54, 1.807) is 26.1 Å². The van der Waals surface area contributed by atoms with Crippen molar-refractivity contribution >= 4 is 47.4 Å². The van der Waals surface area contributed by atoms with Crippen LogP contribution >= 0.6 is 0 Å². The number of nitrogens with one attached hydrogen (secondary N) is 2. The number of carbonyl (C=O) groups is 4. The lowest BCUT2D eigenvalue weighted by Crippen LogP contribution is -2.64. The van der Waals surface area contributed by atoms with Crippen LogP contribution in [-0.4, -0.2) is 95.2 Å². The Morgan fingerprint density at radius 3 is 2.09 bits per heavy atom. The van der Waals surface area contributed by atoms with E-state index in [-0.39, 0.29) is 41.1 Å². The number of likely N-dealkylation sites (tertiary alicyclic amines) is 1. The van der Waals surface area contributed by atoms with Gasteiger partial charge in [-0.15, -0.1) is 0 Å². The number of rotatable bonds is 15. The van der Waals surface area contributed by atoms with E-state index in [9.17, 15) is 24.4 Å². The van der Waals surface area contributed by atoms with E-state index in [4.69, 9.17) is 4.74 Å². The number of anilines is 3. The number of halogens is 2. The second kappa shape index (κ2) is 19.6. The Hall–Kier alpha value is -5.61. The van der Waals surface area contributed by atoms with Crippen molar-refractivity contribution in [2.75, 3.05) is 75.0 Å². The van der Waals surface area contributed by atoms with Gasteiger partial charge in [-0.1, -0.05) is 34.6 Å². The molecule has 0 radical (unpaired) electrons. The summed E-state index contributed by atoms with van der Waals surface area (Å²) in [7, 11) is 3.18. The Balaban J connectivity index is 0.000000242. The van der Waals surface area contributed by atoms with Gasteiger partial charge in [-0.25, -0.2) is 8.78 Å². The second-order valence-corrected chi connectivity index (χ2v) is 19.4. The highest BCUT2D eigenvalue weighted by Crippen LogP contribution is 2.60. The molecule has 3 aromatic carbocycles. The van der Waals surface area contributed by atoms with Gasteiger partial charge in [0, 0.05) is 111 Å². The zero-order valence-corrected chi connectivity index (χ0v) is 38.6. The molecule has 3 heterocycles. The molecular formula is C51H64F2N6O5. The van der Waals surface area contributed by atoms with Crippen molar-refractivity contribution in [1.29, 1.82) is 5.26 Å². The molecule has 7 rings (SSSR count). The van der Waals surface area contributed by atoms with Crippen molar-refractivity contribution in [3.8, 4) is 11.8 Å². The number of piperidine rings is 1. The van der Waals surface area contributed by atoms with E-state index in [0.717, 1.165) is 76.1 Å². The van der Waals surface area contributed by atoms with E-state index in [1.165, 1.54) is 30.9 Å². The fourth-order valence-electron chi connectivity index (χ4n) is 10.7. The summed E-state index contributed by atoms with van der Waals surface area (Å²) in [5, 5.41) is 14.8. The highest BCUT2D eigenvalue weighted by Gasteiger charge is 2.61. The monoisotopic (exact) mass is 878 g/mol. The number of ether oxygens (including phenoxy) is 1. The largest absolute Gasteiger partial charge is 0.489 e. The third kappa shape index (κ3) is 9.72. The number of aldehydes is 2. The molecule has 342 valence electrons. The predicted molar refractivity (Wildman–Crippen MR) is 248 cm³/mol. The molecule has 0 bridgehead atoms. The van der Waals surface area contributed by atoms with Gasteiger partial charge >= 0.3 is 0 Å². The van der Waals surface area contributed by atoms with Crippen LogP contribution < -0.4 is 25.2 Å². The van der Waals surface area contributed by atoms with Crippen LogP contribution in [0.4, 0.5) is 25.8 Å². The number of Topliss-reactive ketones (excluding diaryl/α,β-unsaturated/α-hetero) is 1. The first kappa shape index (κ1) is 47.9. The summed E-state index contributed by atoms with van der Waals surface area (Å²) in [6.07, 6.45) is 6.97. The zero-order chi connectivity index (χ0) is 46.6. The normalized spacial score (nSPS) is 21.3. The molecule has 4 fully saturated rings. The maximum atomic E-state index is 15.0. The molecule has 11 nitrogen and oxygen atoms in total. The van der Waals surface area contributed by atoms with Crippen LogP contribution in [0.15, 0.2) is 54.6 Å². The molecule has 2 N–H and O–H groups in total. The van der Waals surface area contributed by atoms with Gasteiger partial charge in [-0.2, -0.15) is 5.26 Å². The zero-order valence-electron chi connectivity index (χ0n) is 38.6. The Kier molecular flexibility index (Phi) is 14.7. The number of amides is 1. The molecule has 13 heteroatoms. The third-order valence-corrected chi connectivity index (χ3v) is 14.7. The summed E-state index contributed by atoms with van der Waals surface area (Å²) in [5.74, 6) is -1.27. The summed E-state index contributed by atoms with van der Waals surface area (Å²) in [6, 6.07) is 16.3. The van der Waals surface area contributed by atoms with Crippen molar-refractivity contribution in [3.63, 3.8) is 0 Å². The molecule has 64 heavy (non-hydrogen) atoms. The molecule has 1 atom stereocenters. The minimum atomic E-state index is -1.04. The van der Waals surface area contributed by atoms with E-state index >= 15 is 8.78 Å². The minimum absolute atomic E-state index is 0.0541. The lowest BCUT2D eigenvalue weighted by molar-refractivity contribution is -0.190. The number of nitrogens with zero attached hydrogens (tertiary/aromatic N) is 4. The van der Waals surface area contributed by atoms with Crippen LogP contribution in [0.5, 0.6) is 5.75 Å². The molecule has 4 aliphatic rings. The lowest BCUT2D eigenvalue weighted by Gasteiger charge is -2.62. The summed E-state index contributed by atoms with van der Waals surface area (Å²) in [6.45, 7) is 19.4. The van der Waals surface area contributed by atoms with Crippen LogP contribution in [0.2, 0.25) is 0 Å². The van der Waals surface area contributed by atoms with Crippen molar-refractivity contribution in [1.82, 2.24) is 10.2 Å². The SMILES string of the molecule is CNC(=O)C(CCC=O)c1c(F)cc(N2CC(CN3CC4(CCN(c5ccc(C(C)=O)cc5)CC4)C3)C2)cc1F.CNc1c(C#N)ccc(OC2C(C)(C)C(C)C2(C)C)c1/C=C\C=O. The third-order valence-electron chi connectivity index (χ3n) is 14.7. The molecule has 1 spiro atoms. The Bertz CT molecular complexity index is 2230. The highest BCUT2D eigenvalue weighted by atomic mass is 19.1. The molecule has 0 aromatic heterocycles. The summed E-state index contributed by atoms with van der Waals surface area (Å²) < 4.78 is 36.4. The van der Waals surface area contributed by atoms with Gasteiger partial charge in [0.15, 0.2) is 5.78 Å². The van der Waals surface area contributed by atoms with Crippen molar-refractivity contribution in [2.45, 2.75) is 79.2 Å². The number of carbonyl (C=O) groups excluding carboxylic acids is 4. The quantitative estimate of drug-likeness (QED) is 0.0873. The van der Waals surface area contributed by atoms with Crippen molar-refractivity contribution in [3.05, 3.63) is 88.5 Å². The first-order valence-electron chi connectivity index (χ1n) is 22.4. The number of allylic oxidation sites excluding steroid dienone is 1. The first-order valence-corrected chi connectivity index (χ1v) is 22.4. The smallest absolute Gasteiger partial charge is 0.227 e. The van der Waals surface area contributed by atoms with Crippen LogP contribution in [0.25, 0.3) is 6.08 Å². The van der Waals surface area contributed by atoms with Gasteiger partial charge in [0.25, 0.3) is 0 Å². The topological polar surface area (TPSA) is 135 Å². The standard InChI is InChI=1S/C31H38F2N4O3.C20H26N2O2/c1-21(39)23-5-7-24(8-6-23)36-11-9-31(10-12-36)19-35(20-31)16-22-17-37(18-22)25-14-27(32)29(28(33)15-25)26(4-3-13-38)30(40)34-2;1-13-19(2,3)18(20(13,4)5)24-16-10-9-14(12-21)17(22-6)15(16)8-7-11-23/h5-8,13-15,22,26H,3-4,9-12,16-20H2,1-2H3,(H,34,40);7-11,13,18,22H,1-6H3/b;8-7-. The molecule has 1 amide bonds. The summed E-state index contributed by atoms with van der Waals surface area (Å²) in [4.78, 5) is 52.2. The van der Waals surface area contributed by atoms with E-state index in [1.807, 2.05) is 35.2 Å². The molecule has 3 saturated heterocycles. The van der Waals surface area contributed by atoms with Gasteiger partial charge in [-0.3, -0.25) is 14.4 Å². The van der Waals surface area contributed by atoms with Crippen LogP contribution in [0.3, 0.4) is 0 Å². The first-order chi connectivity index (χ1) is 30.4. The van der Waals surface area contributed by atoms with E-state index in [2.05, 4.69) is 61.1 Å². The Morgan fingerprint density at radius 1 is 0.938 bits per heavy atom. The number of nitriles is 1. The molecule has 3 aliphatic heterocycles. The van der Waals surface area contributed by atoms with Crippen LogP contribution in [0, 0.1) is 51.0 Å². The van der Waals surface area contributed by atoms with Gasteiger partial charge in [-0.05, 0) is 98.2 Å². The van der Waals surface area contributed by atoms with Gasteiger partial charge < -0.3 is 34.9 Å². The Labute approximate surface area is 377 Å². The average Bonchev–Trinajstić information content (AvgIpc) is 3.25. The molecule has 1 saturated carbocycles. The van der Waals surface area contributed by atoms with Gasteiger partial charge in [0.1, 0.15) is 42.1 Å². The number of benzene rings is 3. The molecule has 1 unspecified atom stereocenters. The Morgan fingerprint density at radius 2 is 1.56 bits per heavy atom. The second-order valence-electron chi connectivity index (χ2n) is 19.4. The number of hydrogen-bond donors (Lipinski definition) is 2. The summed E-state index contributed by atoms with van der Waals surface area (Å²) >= 11 is 0. The molecular weight excluding hydrogens is 815 g/mol. The fraction of sp³-hybridized carbons (Fsp3) is 0.510. The van der Waals surface area contributed by atoms with Crippen LogP contribution in [0.1, 0.15) is 100 Å². The highest BCUT2D eigenvalue weighted by molar-refractivity contribution is 5.94. The number of likely N-dealkylation sites (N-methyl/N-ethyl adjacent to an activating group) is 1. The maximum Gasteiger partial charge on any atom is 0.227 e. The van der Waals surface area contributed by atoms with Crippen molar-refractivity contribution < 1.29 is 32.7 Å². The van der Waals surface area contributed by atoms with Gasteiger partial charge in [0.05, 0.1) is 17.2 Å². The molecule has 1 aliphatic carbocycles. The lowest BCUT2D eigenvalue weighted by atomic mass is 9.46. The van der Waals surface area contributed by atoms with E-state index < -0.39 is 23.5 Å². The predicted octanol–water partition coefficient (Wildman–Crippen LogP) is 8.28. The average molecular weight is 879 g/mol. The minimum Gasteiger partial charge on any atom is -0.489 e. The van der Waals surface area contributed by atoms with Crippen molar-refractivity contribution in [2.24, 2.45) is 28.1 Å². The van der Waals surface area contributed by atoms with Crippen LogP contribution in [-0.2, 0) is 14.4 Å². The van der Waals surface area contributed by atoms with Gasteiger partial charge in [0.2, 0.25) is 5.91 Å².